The molecule has 1 saturated heterocycles. The monoisotopic (exact) mass is 426 g/mol. The van der Waals surface area contributed by atoms with Crippen molar-refractivity contribution in [1.29, 1.82) is 0 Å². The highest BCUT2D eigenvalue weighted by Gasteiger charge is 2.36. The van der Waals surface area contributed by atoms with E-state index in [2.05, 4.69) is 11.9 Å². The van der Waals surface area contributed by atoms with Crippen LogP contribution in [0, 0.1) is 0 Å². The molecule has 0 aliphatic carbocycles. The molecule has 1 fully saturated rings. The lowest BCUT2D eigenvalue weighted by Crippen LogP contribution is -2.54. The predicted octanol–water partition coefficient (Wildman–Crippen LogP) is 3.97. The van der Waals surface area contributed by atoms with Gasteiger partial charge < -0.3 is 9.47 Å². The van der Waals surface area contributed by atoms with Gasteiger partial charge in [-0.3, -0.25) is 14.9 Å². The summed E-state index contributed by atoms with van der Waals surface area (Å²) in [4.78, 5) is 38.4. The number of anilines is 1. The Kier molecular flexibility index (Phi) is 6.54. The number of nitrogens with one attached hydrogen (secondary N) is 1. The number of benzene rings is 2. The van der Waals surface area contributed by atoms with Crippen LogP contribution in [0.2, 0.25) is 5.02 Å². The number of imide groups is 2. The zero-order chi connectivity index (χ0) is 21.7. The maximum absolute atomic E-state index is 12.9. The third kappa shape index (κ3) is 4.52. The first kappa shape index (κ1) is 21.1. The van der Waals surface area contributed by atoms with Gasteiger partial charge in [0.25, 0.3) is 11.8 Å². The van der Waals surface area contributed by atoms with Gasteiger partial charge in [-0.25, -0.2) is 9.69 Å². The van der Waals surface area contributed by atoms with E-state index >= 15 is 0 Å². The molecular weight excluding hydrogens is 408 g/mol. The fraction of sp³-hybridized carbons (Fsp3) is 0.136. The number of amides is 4. The quantitative estimate of drug-likeness (QED) is 0.411. The van der Waals surface area contributed by atoms with Crippen molar-refractivity contribution in [1.82, 2.24) is 5.32 Å². The fourth-order valence-corrected chi connectivity index (χ4v) is 2.93. The average Bonchev–Trinajstić information content (AvgIpc) is 2.72. The third-order valence-electron chi connectivity index (χ3n) is 4.12. The van der Waals surface area contributed by atoms with Gasteiger partial charge >= 0.3 is 6.03 Å². The van der Waals surface area contributed by atoms with Crippen LogP contribution in [0.15, 0.2) is 60.7 Å². The van der Waals surface area contributed by atoms with Crippen molar-refractivity contribution in [3.05, 3.63) is 71.3 Å². The molecule has 0 saturated carbocycles. The summed E-state index contributed by atoms with van der Waals surface area (Å²) >= 11 is 5.87. The zero-order valence-electron chi connectivity index (χ0n) is 16.2. The van der Waals surface area contributed by atoms with Crippen LogP contribution in [0.4, 0.5) is 10.5 Å². The normalized spacial score (nSPS) is 15.2. The highest BCUT2D eigenvalue weighted by molar-refractivity contribution is 6.39. The molecule has 0 bridgehead atoms. The van der Waals surface area contributed by atoms with Gasteiger partial charge in [0.1, 0.15) is 12.2 Å². The number of halogens is 1. The Morgan fingerprint density at radius 2 is 1.80 bits per heavy atom. The molecule has 2 aromatic carbocycles. The van der Waals surface area contributed by atoms with Gasteiger partial charge in [0, 0.05) is 5.02 Å². The molecule has 0 spiro atoms. The minimum atomic E-state index is -0.826. The van der Waals surface area contributed by atoms with Crippen LogP contribution < -0.4 is 19.7 Å². The number of rotatable bonds is 7. The molecule has 154 valence electrons. The Hall–Kier alpha value is -3.58. The maximum Gasteiger partial charge on any atom is 0.335 e. The minimum Gasteiger partial charge on any atom is -0.490 e. The second-order valence-corrected chi connectivity index (χ2v) is 6.61. The largest absolute Gasteiger partial charge is 0.490 e. The van der Waals surface area contributed by atoms with Crippen LogP contribution in [0.25, 0.3) is 6.08 Å². The van der Waals surface area contributed by atoms with Crippen molar-refractivity contribution in [2.24, 2.45) is 0 Å². The zero-order valence-corrected chi connectivity index (χ0v) is 16.9. The van der Waals surface area contributed by atoms with Crippen LogP contribution >= 0.6 is 11.6 Å². The Balaban J connectivity index is 1.96. The molecule has 1 aliphatic heterocycles. The molecule has 30 heavy (non-hydrogen) atoms. The summed E-state index contributed by atoms with van der Waals surface area (Å²) in [5.74, 6) is -0.546. The summed E-state index contributed by atoms with van der Waals surface area (Å²) in [6.07, 6.45) is 3.01. The van der Waals surface area contributed by atoms with Crippen molar-refractivity contribution in [2.75, 3.05) is 18.1 Å². The van der Waals surface area contributed by atoms with Crippen LogP contribution in [-0.2, 0) is 9.59 Å². The smallest absolute Gasteiger partial charge is 0.335 e. The van der Waals surface area contributed by atoms with E-state index in [-0.39, 0.29) is 5.57 Å². The van der Waals surface area contributed by atoms with E-state index < -0.39 is 17.8 Å². The highest BCUT2D eigenvalue weighted by atomic mass is 35.5. The van der Waals surface area contributed by atoms with Gasteiger partial charge in [-0.15, -0.1) is 0 Å². The number of hydrogen-bond acceptors (Lipinski definition) is 5. The van der Waals surface area contributed by atoms with Gasteiger partial charge in [-0.1, -0.05) is 30.3 Å². The van der Waals surface area contributed by atoms with Crippen molar-refractivity contribution in [2.45, 2.75) is 6.92 Å². The molecule has 0 aromatic heterocycles. The van der Waals surface area contributed by atoms with Crippen LogP contribution in [0.5, 0.6) is 11.5 Å². The highest BCUT2D eigenvalue weighted by Crippen LogP contribution is 2.30. The Bertz CT molecular complexity index is 1030. The molecule has 0 radical (unpaired) electrons. The summed E-state index contributed by atoms with van der Waals surface area (Å²) in [6, 6.07) is 10.3. The molecule has 1 heterocycles. The van der Waals surface area contributed by atoms with Crippen LogP contribution in [0.1, 0.15) is 12.5 Å². The van der Waals surface area contributed by atoms with Crippen molar-refractivity contribution < 1.29 is 23.9 Å². The second-order valence-electron chi connectivity index (χ2n) is 6.17. The van der Waals surface area contributed by atoms with Gasteiger partial charge in [0.05, 0.1) is 12.3 Å². The van der Waals surface area contributed by atoms with Gasteiger partial charge in [-0.2, -0.15) is 0 Å². The summed E-state index contributed by atoms with van der Waals surface area (Å²) < 4.78 is 11.1. The van der Waals surface area contributed by atoms with Gasteiger partial charge in [-0.05, 0) is 55.0 Å². The molecule has 0 unspecified atom stereocenters. The number of ether oxygens (including phenoxy) is 2. The molecule has 3 rings (SSSR count). The number of hydrogen-bond donors (Lipinski definition) is 1. The third-order valence-corrected chi connectivity index (χ3v) is 4.37. The molecule has 1 N–H and O–H groups in total. The first-order valence-electron chi connectivity index (χ1n) is 9.12. The molecule has 4 amide bonds. The summed E-state index contributed by atoms with van der Waals surface area (Å²) in [6.45, 7) is 6.15. The fourth-order valence-electron chi connectivity index (χ4n) is 2.80. The van der Waals surface area contributed by atoms with Crippen molar-refractivity contribution >= 4 is 41.2 Å². The summed E-state index contributed by atoms with van der Waals surface area (Å²) in [5, 5.41) is 2.64. The van der Waals surface area contributed by atoms with E-state index in [4.69, 9.17) is 21.1 Å². The Morgan fingerprint density at radius 3 is 2.47 bits per heavy atom. The number of urea groups is 1. The topological polar surface area (TPSA) is 84.9 Å². The van der Waals surface area contributed by atoms with Crippen molar-refractivity contribution in [3.8, 4) is 11.5 Å². The Morgan fingerprint density at radius 1 is 1.07 bits per heavy atom. The lowest BCUT2D eigenvalue weighted by Gasteiger charge is -2.26. The molecule has 8 heteroatoms. The molecule has 2 aromatic rings. The van der Waals surface area contributed by atoms with E-state index in [0.717, 1.165) is 4.90 Å². The molecule has 1 aliphatic rings. The van der Waals surface area contributed by atoms with E-state index in [1.165, 1.54) is 18.2 Å². The van der Waals surface area contributed by atoms with E-state index in [9.17, 15) is 14.4 Å². The first-order valence-corrected chi connectivity index (χ1v) is 9.50. The molecule has 0 atom stereocenters. The number of carbonyl (C=O) groups is 3. The van der Waals surface area contributed by atoms with Gasteiger partial charge in [0.15, 0.2) is 11.5 Å². The van der Waals surface area contributed by atoms with Crippen LogP contribution in [0.3, 0.4) is 0 Å². The minimum absolute atomic E-state index is 0.188. The van der Waals surface area contributed by atoms with Gasteiger partial charge in [0.2, 0.25) is 0 Å². The lowest BCUT2D eigenvalue weighted by molar-refractivity contribution is -0.122. The summed E-state index contributed by atoms with van der Waals surface area (Å²) in [5.41, 5.74) is 0.642. The standard InChI is InChI=1S/C22H19ClN2O5/c1-3-11-30-18-10-5-14(13-19(18)29-4-2)12-17-20(26)24-22(28)25(21(17)27)16-8-6-15(23)7-9-16/h3,5-10,12-13H,1,4,11H2,2H3,(H,24,26,28)/b17-12+. The number of barbiturate groups is 1. The van der Waals surface area contributed by atoms with E-state index in [0.29, 0.717) is 41.0 Å². The van der Waals surface area contributed by atoms with E-state index in [1.807, 2.05) is 6.92 Å². The maximum atomic E-state index is 12.9. The second kappa shape index (κ2) is 9.28. The van der Waals surface area contributed by atoms with E-state index in [1.54, 1.807) is 36.4 Å². The number of carbonyl (C=O) groups excluding carboxylic acids is 3. The number of nitrogens with zero attached hydrogens (tertiary/aromatic N) is 1. The Labute approximate surface area is 178 Å². The molecular formula is C22H19ClN2O5. The molecule has 7 nitrogen and oxygen atoms in total. The summed E-state index contributed by atoms with van der Waals surface area (Å²) in [7, 11) is 0. The SMILES string of the molecule is C=CCOc1ccc(/C=C2\C(=O)NC(=O)N(c3ccc(Cl)cc3)C2=O)cc1OCC. The van der Waals surface area contributed by atoms with Crippen molar-refractivity contribution in [3.63, 3.8) is 0 Å². The predicted molar refractivity (Wildman–Crippen MR) is 114 cm³/mol. The average molecular weight is 427 g/mol. The van der Waals surface area contributed by atoms with Crippen LogP contribution in [-0.4, -0.2) is 31.1 Å². The first-order chi connectivity index (χ1) is 14.4. The lowest BCUT2D eigenvalue weighted by atomic mass is 10.1.